The van der Waals surface area contributed by atoms with E-state index in [1.54, 1.807) is 0 Å². The number of halogens is 1. The first kappa shape index (κ1) is 28.0. The summed E-state index contributed by atoms with van der Waals surface area (Å²) < 4.78 is 20.5. The van der Waals surface area contributed by atoms with Crippen molar-refractivity contribution in [2.45, 2.75) is 46.3 Å². The minimum Gasteiger partial charge on any atom is -0.493 e. The Hall–Kier alpha value is -3.55. The van der Waals surface area contributed by atoms with Crippen molar-refractivity contribution in [1.29, 1.82) is 0 Å². The van der Waals surface area contributed by atoms with Gasteiger partial charge < -0.3 is 18.8 Å². The van der Waals surface area contributed by atoms with Crippen LogP contribution < -0.4 is 14.2 Å². The number of unbranched alkanes of at least 4 members (excludes halogenated alkanes) is 1. The van der Waals surface area contributed by atoms with Crippen molar-refractivity contribution >= 4 is 22.0 Å². The van der Waals surface area contributed by atoms with Crippen molar-refractivity contribution in [2.24, 2.45) is 0 Å². The molecule has 0 spiro atoms. The zero-order valence-electron chi connectivity index (χ0n) is 23.2. The van der Waals surface area contributed by atoms with Crippen LogP contribution in [0.1, 0.15) is 43.5 Å². The number of hydrogen-bond donors (Lipinski definition) is 0. The van der Waals surface area contributed by atoms with E-state index in [0.29, 0.717) is 6.61 Å². The average Bonchev–Trinajstić information content (AvgIpc) is 3.60. The molecule has 2 heterocycles. The summed E-state index contributed by atoms with van der Waals surface area (Å²) >= 11 is 3.60. The number of rotatable bonds is 13. The Labute approximate surface area is 245 Å². The van der Waals surface area contributed by atoms with Gasteiger partial charge in [0.05, 0.1) is 18.5 Å². The van der Waals surface area contributed by atoms with E-state index in [1.165, 1.54) is 11.3 Å². The first-order chi connectivity index (χ1) is 19.6. The smallest absolute Gasteiger partial charge is 0.231 e. The number of aromatic nitrogens is 2. The minimum atomic E-state index is 0.277. The van der Waals surface area contributed by atoms with Crippen molar-refractivity contribution < 1.29 is 14.2 Å². The Balaban J connectivity index is 1.42. The van der Waals surface area contributed by atoms with Gasteiger partial charge in [0.2, 0.25) is 6.79 Å². The van der Waals surface area contributed by atoms with Gasteiger partial charge in [-0.3, -0.25) is 4.90 Å². The third-order valence-corrected chi connectivity index (χ3v) is 7.36. The molecule has 208 valence electrons. The molecule has 3 aromatic carbocycles. The Morgan fingerprint density at radius 2 is 1.85 bits per heavy atom. The summed E-state index contributed by atoms with van der Waals surface area (Å²) in [4.78, 5) is 7.31. The van der Waals surface area contributed by atoms with Crippen LogP contribution in [0.2, 0.25) is 0 Å². The number of hydrogen-bond acceptors (Lipinski definition) is 5. The van der Waals surface area contributed by atoms with E-state index in [-0.39, 0.29) is 6.79 Å². The first-order valence-electron chi connectivity index (χ1n) is 13.9. The van der Waals surface area contributed by atoms with Gasteiger partial charge >= 0.3 is 0 Å². The molecule has 40 heavy (non-hydrogen) atoms. The Morgan fingerprint density at radius 1 is 1.00 bits per heavy atom. The zero-order valence-corrected chi connectivity index (χ0v) is 24.8. The topological polar surface area (TPSA) is 48.8 Å². The van der Waals surface area contributed by atoms with Crippen molar-refractivity contribution in [3.8, 4) is 28.6 Å². The van der Waals surface area contributed by atoms with Gasteiger partial charge in [0.1, 0.15) is 11.6 Å². The van der Waals surface area contributed by atoms with Crippen LogP contribution >= 0.6 is 15.9 Å². The van der Waals surface area contributed by atoms with E-state index in [2.05, 4.69) is 86.9 Å². The largest absolute Gasteiger partial charge is 0.493 e. The highest BCUT2D eigenvalue weighted by atomic mass is 79.9. The summed E-state index contributed by atoms with van der Waals surface area (Å²) in [7, 11) is 0. The molecule has 0 aliphatic carbocycles. The highest BCUT2D eigenvalue weighted by molar-refractivity contribution is 9.10. The van der Waals surface area contributed by atoms with Gasteiger partial charge in [-0.25, -0.2) is 4.98 Å². The Kier molecular flexibility index (Phi) is 9.58. The van der Waals surface area contributed by atoms with E-state index in [9.17, 15) is 0 Å². The number of ether oxygens (including phenoxy) is 3. The predicted molar refractivity (Wildman–Crippen MR) is 164 cm³/mol. The van der Waals surface area contributed by atoms with Gasteiger partial charge in [-0.15, -0.1) is 0 Å². The van der Waals surface area contributed by atoms with Crippen molar-refractivity contribution in [1.82, 2.24) is 14.5 Å². The van der Waals surface area contributed by atoms with E-state index in [1.807, 2.05) is 37.4 Å². The van der Waals surface area contributed by atoms with Crippen molar-refractivity contribution in [2.75, 3.05) is 19.9 Å². The summed E-state index contributed by atoms with van der Waals surface area (Å²) in [5.74, 6) is 3.52. The molecule has 0 N–H and O–H groups in total. The van der Waals surface area contributed by atoms with Crippen molar-refractivity contribution in [3.63, 3.8) is 0 Å². The molecule has 0 amide bonds. The molecule has 1 aromatic heterocycles. The summed E-state index contributed by atoms with van der Waals surface area (Å²) in [6.45, 7) is 8.37. The summed E-state index contributed by atoms with van der Waals surface area (Å²) in [5.41, 5.74) is 4.58. The fourth-order valence-corrected chi connectivity index (χ4v) is 5.28. The molecular formula is C33H36BrN3O3. The fourth-order valence-electron chi connectivity index (χ4n) is 4.90. The molecule has 0 atom stereocenters. The second-order valence-electron chi connectivity index (χ2n) is 9.82. The molecule has 7 heteroatoms. The maximum atomic E-state index is 5.86. The normalized spacial score (nSPS) is 12.5. The minimum absolute atomic E-state index is 0.277. The van der Waals surface area contributed by atoms with Crippen molar-refractivity contribution in [3.05, 3.63) is 100 Å². The summed E-state index contributed by atoms with van der Waals surface area (Å²) in [6, 6.07) is 22.8. The molecule has 0 saturated heterocycles. The molecule has 0 unspecified atom stereocenters. The van der Waals surface area contributed by atoms with Crippen LogP contribution in [0.5, 0.6) is 17.2 Å². The third-order valence-electron chi connectivity index (χ3n) is 6.87. The Bertz CT molecular complexity index is 1430. The lowest BCUT2D eigenvalue weighted by atomic mass is 10.1. The van der Waals surface area contributed by atoms with Crippen LogP contribution in [0, 0.1) is 0 Å². The van der Waals surface area contributed by atoms with E-state index in [4.69, 9.17) is 19.2 Å². The van der Waals surface area contributed by atoms with Gasteiger partial charge in [0.15, 0.2) is 11.5 Å². The van der Waals surface area contributed by atoms with E-state index < -0.39 is 0 Å². The third kappa shape index (κ3) is 6.95. The molecule has 1 aliphatic heterocycles. The van der Waals surface area contributed by atoms with Gasteiger partial charge in [-0.2, -0.15) is 0 Å². The lowest BCUT2D eigenvalue weighted by molar-refractivity contribution is 0.174. The summed E-state index contributed by atoms with van der Waals surface area (Å²) in [6.07, 6.45) is 8.63. The zero-order chi connectivity index (χ0) is 27.7. The SMILES string of the molecule is CCCCn1c(CN(C/C=C/c2cc(Br)ccc2OCC)Cc2ccc3c(c2)OCO3)cnc1-c1ccccc1. The lowest BCUT2D eigenvalue weighted by Gasteiger charge is -2.22. The molecular weight excluding hydrogens is 566 g/mol. The quantitative estimate of drug-likeness (QED) is 0.155. The molecule has 6 nitrogen and oxygen atoms in total. The molecule has 4 aromatic rings. The van der Waals surface area contributed by atoms with E-state index >= 15 is 0 Å². The Morgan fingerprint density at radius 3 is 2.67 bits per heavy atom. The maximum Gasteiger partial charge on any atom is 0.231 e. The lowest BCUT2D eigenvalue weighted by Crippen LogP contribution is -2.24. The molecule has 1 aliphatic rings. The second-order valence-corrected chi connectivity index (χ2v) is 10.7. The maximum absolute atomic E-state index is 5.86. The van der Waals surface area contributed by atoms with Crippen LogP contribution in [0.3, 0.4) is 0 Å². The molecule has 0 radical (unpaired) electrons. The average molecular weight is 603 g/mol. The molecule has 0 bridgehead atoms. The predicted octanol–water partition coefficient (Wildman–Crippen LogP) is 7.96. The fraction of sp³-hybridized carbons (Fsp3) is 0.303. The number of benzene rings is 3. The van der Waals surface area contributed by atoms with Gasteiger partial charge in [0.25, 0.3) is 0 Å². The second kappa shape index (κ2) is 13.7. The first-order valence-corrected chi connectivity index (χ1v) is 14.7. The van der Waals surface area contributed by atoms with Crippen LogP contribution in [0.25, 0.3) is 17.5 Å². The molecule has 0 fully saturated rings. The van der Waals surface area contributed by atoms with Gasteiger partial charge in [-0.05, 0) is 49.2 Å². The number of fused-ring (bicyclic) bond motifs is 1. The van der Waals surface area contributed by atoms with E-state index in [0.717, 1.165) is 77.7 Å². The number of nitrogens with zero attached hydrogens (tertiary/aromatic N) is 3. The van der Waals surface area contributed by atoms with Gasteiger partial charge in [-0.1, -0.05) is 77.8 Å². The number of imidazole rings is 1. The molecule has 5 rings (SSSR count). The highest BCUT2D eigenvalue weighted by Crippen LogP contribution is 2.33. The van der Waals surface area contributed by atoms with Gasteiger partial charge in [0, 0.05) is 41.8 Å². The molecule has 0 saturated carbocycles. The van der Waals surface area contributed by atoms with Crippen LogP contribution in [0.15, 0.2) is 83.5 Å². The monoisotopic (exact) mass is 601 g/mol. The standard InChI is InChI=1S/C33H36BrN3O3/c1-3-5-18-37-29(21-35-33(37)26-10-7-6-8-11-26)23-36(22-25-13-15-31-32(19-25)40-24-39-31)17-9-12-27-20-28(34)14-16-30(27)38-4-2/h6-16,19-21H,3-5,17-18,22-24H2,1-2H3/b12-9+. The summed E-state index contributed by atoms with van der Waals surface area (Å²) in [5, 5.41) is 0. The van der Waals surface area contributed by atoms with Crippen LogP contribution in [-0.4, -0.2) is 34.4 Å². The van der Waals surface area contributed by atoms with Crippen LogP contribution in [-0.2, 0) is 19.6 Å². The van der Waals surface area contributed by atoms with Crippen LogP contribution in [0.4, 0.5) is 0 Å². The highest BCUT2D eigenvalue weighted by Gasteiger charge is 2.17.